The molecule has 0 unspecified atom stereocenters. The first-order valence-corrected chi connectivity index (χ1v) is 9.45. The second kappa shape index (κ2) is 6.08. The van der Waals surface area contributed by atoms with Crippen LogP contribution in [0.4, 0.5) is 4.39 Å². The number of ether oxygens (including phenoxy) is 1. The summed E-state index contributed by atoms with van der Waals surface area (Å²) in [5.74, 6) is 0.109. The van der Waals surface area contributed by atoms with Crippen LogP contribution in [0.3, 0.4) is 0 Å². The molecule has 4 nitrogen and oxygen atoms in total. The van der Waals surface area contributed by atoms with E-state index in [1.165, 1.54) is 12.1 Å². The molecule has 1 saturated heterocycles. The third kappa shape index (κ3) is 2.42. The van der Waals surface area contributed by atoms with Gasteiger partial charge in [0.2, 0.25) is 5.78 Å². The van der Waals surface area contributed by atoms with Gasteiger partial charge in [-0.25, -0.2) is 4.39 Å². The van der Waals surface area contributed by atoms with Crippen molar-refractivity contribution in [2.45, 2.75) is 24.4 Å². The summed E-state index contributed by atoms with van der Waals surface area (Å²) < 4.78 is 20.2. The van der Waals surface area contributed by atoms with Crippen LogP contribution in [0.1, 0.15) is 28.8 Å². The van der Waals surface area contributed by atoms with Gasteiger partial charge < -0.3 is 15.0 Å². The van der Waals surface area contributed by atoms with E-state index in [9.17, 15) is 9.18 Å². The highest BCUT2D eigenvalue weighted by molar-refractivity contribution is 6.31. The molecule has 0 radical (unpaired) electrons. The fraction of sp³-hybridized carbons (Fsp3) is 0.286. The maximum absolute atomic E-state index is 14.0. The highest BCUT2D eigenvalue weighted by Gasteiger charge is 2.52. The van der Waals surface area contributed by atoms with E-state index in [1.54, 1.807) is 6.20 Å². The van der Waals surface area contributed by atoms with E-state index in [0.717, 1.165) is 37.2 Å². The zero-order chi connectivity index (χ0) is 18.6. The summed E-state index contributed by atoms with van der Waals surface area (Å²) in [6.07, 6.45) is 2.66. The number of piperidine rings is 1. The van der Waals surface area contributed by atoms with Gasteiger partial charge in [0.15, 0.2) is 6.10 Å². The molecule has 0 bridgehead atoms. The molecular formula is C21H18ClFN2O2. The summed E-state index contributed by atoms with van der Waals surface area (Å²) >= 11 is 5.87. The third-order valence-corrected chi connectivity index (χ3v) is 6.18. The summed E-state index contributed by atoms with van der Waals surface area (Å²) in [7, 11) is 0. The minimum Gasteiger partial charge on any atom is -0.481 e. The van der Waals surface area contributed by atoms with Crippen LogP contribution in [-0.2, 0) is 5.41 Å². The van der Waals surface area contributed by atoms with E-state index in [1.807, 2.05) is 18.2 Å². The Labute approximate surface area is 160 Å². The van der Waals surface area contributed by atoms with Gasteiger partial charge in [0, 0.05) is 33.6 Å². The molecule has 0 aliphatic carbocycles. The maximum Gasteiger partial charge on any atom is 0.206 e. The lowest BCUT2D eigenvalue weighted by Crippen LogP contribution is -2.50. The highest BCUT2D eigenvalue weighted by Crippen LogP contribution is 2.49. The van der Waals surface area contributed by atoms with Crippen molar-refractivity contribution in [3.8, 4) is 5.75 Å². The number of Topliss-reactive ketones (excluding diaryl/α,β-unsaturated/α-hetero) is 1. The molecule has 6 heteroatoms. The molecule has 0 saturated carbocycles. The number of nitrogens with one attached hydrogen (secondary N) is 2. The van der Waals surface area contributed by atoms with Crippen LogP contribution in [0.5, 0.6) is 5.75 Å². The number of H-pyrrole nitrogens is 1. The Kier molecular flexibility index (Phi) is 3.78. The SMILES string of the molecule is O=C(c1c[nH]c2cc(Cl)c(F)cc12)[C@@H]1Oc2ccccc2C12CCNCC2. The van der Waals surface area contributed by atoms with Gasteiger partial charge in [-0.05, 0) is 44.1 Å². The van der Waals surface area contributed by atoms with Crippen molar-refractivity contribution >= 4 is 28.3 Å². The van der Waals surface area contributed by atoms with Gasteiger partial charge in [-0.1, -0.05) is 29.8 Å². The number of para-hydroxylation sites is 1. The van der Waals surface area contributed by atoms with Crippen LogP contribution < -0.4 is 10.1 Å². The van der Waals surface area contributed by atoms with E-state index < -0.39 is 11.9 Å². The Hall–Kier alpha value is -2.37. The van der Waals surface area contributed by atoms with Crippen molar-refractivity contribution < 1.29 is 13.9 Å². The molecule has 138 valence electrons. The predicted molar refractivity (Wildman–Crippen MR) is 102 cm³/mol. The highest BCUT2D eigenvalue weighted by atomic mass is 35.5. The van der Waals surface area contributed by atoms with Gasteiger partial charge >= 0.3 is 0 Å². The van der Waals surface area contributed by atoms with Crippen LogP contribution in [0.2, 0.25) is 5.02 Å². The van der Waals surface area contributed by atoms with Gasteiger partial charge in [-0.15, -0.1) is 0 Å². The molecule has 3 aromatic rings. The number of rotatable bonds is 2. The van der Waals surface area contributed by atoms with Gasteiger partial charge in [0.05, 0.1) is 5.02 Å². The minimum atomic E-state index is -0.616. The number of hydrogen-bond acceptors (Lipinski definition) is 3. The lowest BCUT2D eigenvalue weighted by atomic mass is 9.68. The maximum atomic E-state index is 14.0. The Morgan fingerprint density at radius 1 is 1.22 bits per heavy atom. The van der Waals surface area contributed by atoms with Crippen molar-refractivity contribution in [2.75, 3.05) is 13.1 Å². The van der Waals surface area contributed by atoms with Gasteiger partial charge in [-0.3, -0.25) is 4.79 Å². The molecule has 5 rings (SSSR count). The Morgan fingerprint density at radius 2 is 2.00 bits per heavy atom. The number of carbonyl (C=O) groups excluding carboxylic acids is 1. The molecule has 0 amide bonds. The van der Waals surface area contributed by atoms with Gasteiger partial charge in [0.1, 0.15) is 11.6 Å². The third-order valence-electron chi connectivity index (χ3n) is 5.89. The summed E-state index contributed by atoms with van der Waals surface area (Å²) in [5, 5.41) is 3.93. The molecule has 2 aliphatic heterocycles. The topological polar surface area (TPSA) is 54.1 Å². The molecule has 1 aromatic heterocycles. The van der Waals surface area contributed by atoms with Crippen molar-refractivity contribution in [3.63, 3.8) is 0 Å². The molecule has 1 atom stereocenters. The minimum absolute atomic E-state index is 0.0303. The quantitative estimate of drug-likeness (QED) is 0.650. The molecule has 2 N–H and O–H groups in total. The van der Waals surface area contributed by atoms with E-state index >= 15 is 0 Å². The van der Waals surface area contributed by atoms with Crippen LogP contribution in [0.25, 0.3) is 10.9 Å². The fourth-order valence-corrected chi connectivity index (χ4v) is 4.70. The Morgan fingerprint density at radius 3 is 2.81 bits per heavy atom. The summed E-state index contributed by atoms with van der Waals surface area (Å²) in [4.78, 5) is 16.6. The molecular weight excluding hydrogens is 367 g/mol. The number of aromatic amines is 1. The standard InChI is InChI=1S/C21H18ClFN2O2/c22-15-10-17-12(9-16(15)23)13(11-25-17)19(26)20-21(5-7-24-8-6-21)14-3-1-2-4-18(14)27-20/h1-4,9-11,20,24-25H,5-8H2/t20-/m0/s1. The first-order chi connectivity index (χ1) is 13.1. The number of hydrogen-bond donors (Lipinski definition) is 2. The number of fused-ring (bicyclic) bond motifs is 3. The number of ketones is 1. The van der Waals surface area contributed by atoms with E-state index in [-0.39, 0.29) is 16.2 Å². The molecule has 1 spiro atoms. The second-order valence-corrected chi connectivity index (χ2v) is 7.69. The van der Waals surface area contributed by atoms with Gasteiger partial charge in [-0.2, -0.15) is 0 Å². The molecule has 2 aromatic carbocycles. The fourth-order valence-electron chi connectivity index (χ4n) is 4.53. The second-order valence-electron chi connectivity index (χ2n) is 7.28. The number of benzene rings is 2. The number of halogens is 2. The summed E-state index contributed by atoms with van der Waals surface area (Å²) in [6, 6.07) is 10.7. The van der Waals surface area contributed by atoms with Crippen LogP contribution in [0.15, 0.2) is 42.6 Å². The van der Waals surface area contributed by atoms with Crippen LogP contribution in [0, 0.1) is 5.82 Å². The summed E-state index contributed by atoms with van der Waals surface area (Å²) in [6.45, 7) is 1.67. The lowest BCUT2D eigenvalue weighted by molar-refractivity contribution is 0.0649. The van der Waals surface area contributed by atoms with E-state index in [0.29, 0.717) is 16.5 Å². The van der Waals surface area contributed by atoms with Crippen molar-refractivity contribution in [2.24, 2.45) is 0 Å². The van der Waals surface area contributed by atoms with Crippen molar-refractivity contribution in [1.29, 1.82) is 0 Å². The zero-order valence-corrected chi connectivity index (χ0v) is 15.3. The average molecular weight is 385 g/mol. The molecule has 3 heterocycles. The Balaban J connectivity index is 1.62. The number of carbonyl (C=O) groups is 1. The normalized spacial score (nSPS) is 20.6. The van der Waals surface area contributed by atoms with Crippen molar-refractivity contribution in [3.05, 3.63) is 64.6 Å². The van der Waals surface area contributed by atoms with E-state index in [4.69, 9.17) is 16.3 Å². The Bertz CT molecular complexity index is 1060. The van der Waals surface area contributed by atoms with Gasteiger partial charge in [0.25, 0.3) is 0 Å². The lowest BCUT2D eigenvalue weighted by Gasteiger charge is -2.37. The average Bonchev–Trinajstić information content (AvgIpc) is 3.22. The molecule has 1 fully saturated rings. The largest absolute Gasteiger partial charge is 0.481 e. The number of aromatic nitrogens is 1. The van der Waals surface area contributed by atoms with Crippen LogP contribution >= 0.6 is 11.6 Å². The first kappa shape index (κ1) is 16.8. The van der Waals surface area contributed by atoms with Crippen molar-refractivity contribution in [1.82, 2.24) is 10.3 Å². The van der Waals surface area contributed by atoms with Crippen LogP contribution in [-0.4, -0.2) is 30.0 Å². The van der Waals surface area contributed by atoms with E-state index in [2.05, 4.69) is 16.4 Å². The predicted octanol–water partition coefficient (Wildman–Crippen LogP) is 4.23. The first-order valence-electron chi connectivity index (χ1n) is 9.07. The smallest absolute Gasteiger partial charge is 0.206 e. The monoisotopic (exact) mass is 384 g/mol. The molecule has 2 aliphatic rings. The zero-order valence-electron chi connectivity index (χ0n) is 14.5. The summed E-state index contributed by atoms with van der Waals surface area (Å²) in [5.41, 5.74) is 1.82. The molecule has 27 heavy (non-hydrogen) atoms.